The topological polar surface area (TPSA) is 46.0 Å². The summed E-state index contributed by atoms with van der Waals surface area (Å²) in [6.07, 6.45) is 1.04. The maximum absolute atomic E-state index is 13.7. The number of aliphatic hydroxyl groups excluding tert-OH is 1. The number of aliphatic hydroxyl groups is 1. The van der Waals surface area contributed by atoms with Gasteiger partial charge in [-0.3, -0.25) is 0 Å². The van der Waals surface area contributed by atoms with E-state index < -0.39 is 11.6 Å². The number of aryl methyl sites for hydroxylation is 2. The van der Waals surface area contributed by atoms with Crippen LogP contribution in [0.5, 0.6) is 0 Å². The molecule has 0 aliphatic heterocycles. The Hall–Kier alpha value is -1.88. The number of hydrogen-bond acceptors (Lipinski definition) is 3. The van der Waals surface area contributed by atoms with Crippen LogP contribution in [0.25, 0.3) is 11.3 Å². The standard InChI is InChI=1S/C14H14F2N2O/c1-9-7-13(18-14(17-9)3-2-6-19)11-8-10(15)4-5-12(11)16/h4-5,7-8,19H,2-3,6H2,1H3. The normalized spacial score (nSPS) is 10.7. The Labute approximate surface area is 110 Å². The van der Waals surface area contributed by atoms with Crippen molar-refractivity contribution in [2.24, 2.45) is 0 Å². The summed E-state index contributed by atoms with van der Waals surface area (Å²) in [5.41, 5.74) is 1.16. The summed E-state index contributed by atoms with van der Waals surface area (Å²) in [5, 5.41) is 8.80. The molecule has 0 saturated carbocycles. The van der Waals surface area contributed by atoms with Crippen LogP contribution in [-0.2, 0) is 6.42 Å². The molecule has 0 bridgehead atoms. The lowest BCUT2D eigenvalue weighted by Crippen LogP contribution is -2.01. The van der Waals surface area contributed by atoms with Crippen molar-refractivity contribution in [3.05, 3.63) is 47.4 Å². The highest BCUT2D eigenvalue weighted by atomic mass is 19.1. The van der Waals surface area contributed by atoms with E-state index in [9.17, 15) is 8.78 Å². The number of benzene rings is 1. The summed E-state index contributed by atoms with van der Waals surface area (Å²) < 4.78 is 26.9. The average Bonchev–Trinajstić information content (AvgIpc) is 2.38. The second-order valence-electron chi connectivity index (χ2n) is 4.26. The van der Waals surface area contributed by atoms with Gasteiger partial charge in [-0.25, -0.2) is 18.7 Å². The van der Waals surface area contributed by atoms with Gasteiger partial charge in [-0.2, -0.15) is 0 Å². The maximum atomic E-state index is 13.7. The van der Waals surface area contributed by atoms with Gasteiger partial charge in [0.2, 0.25) is 0 Å². The third kappa shape index (κ3) is 3.32. The third-order valence-corrected chi connectivity index (χ3v) is 2.66. The number of rotatable bonds is 4. The number of hydrogen-bond donors (Lipinski definition) is 1. The lowest BCUT2D eigenvalue weighted by atomic mass is 10.1. The first-order valence-corrected chi connectivity index (χ1v) is 6.01. The summed E-state index contributed by atoms with van der Waals surface area (Å²) in [4.78, 5) is 8.42. The molecule has 0 atom stereocenters. The highest BCUT2D eigenvalue weighted by Crippen LogP contribution is 2.22. The van der Waals surface area contributed by atoms with E-state index in [0.717, 1.165) is 18.2 Å². The molecule has 0 radical (unpaired) electrons. The van der Waals surface area contributed by atoms with Gasteiger partial charge in [0.1, 0.15) is 17.5 Å². The van der Waals surface area contributed by atoms with Crippen molar-refractivity contribution >= 4 is 0 Å². The fourth-order valence-corrected chi connectivity index (χ4v) is 1.81. The SMILES string of the molecule is Cc1cc(-c2cc(F)ccc2F)nc(CCCO)n1. The number of halogens is 2. The van der Waals surface area contributed by atoms with E-state index in [4.69, 9.17) is 5.11 Å². The molecule has 100 valence electrons. The number of nitrogens with zero attached hydrogens (tertiary/aromatic N) is 2. The molecule has 0 saturated heterocycles. The molecule has 19 heavy (non-hydrogen) atoms. The Morgan fingerprint density at radius 3 is 2.68 bits per heavy atom. The smallest absolute Gasteiger partial charge is 0.132 e. The van der Waals surface area contributed by atoms with Crippen molar-refractivity contribution in [3.8, 4) is 11.3 Å². The Bertz CT molecular complexity index is 588. The molecule has 5 heteroatoms. The van der Waals surface area contributed by atoms with Crippen LogP contribution in [0.15, 0.2) is 24.3 Å². The number of aromatic nitrogens is 2. The van der Waals surface area contributed by atoms with E-state index in [0.29, 0.717) is 30.1 Å². The highest BCUT2D eigenvalue weighted by Gasteiger charge is 2.10. The molecule has 0 spiro atoms. The second-order valence-corrected chi connectivity index (χ2v) is 4.26. The van der Waals surface area contributed by atoms with Crippen molar-refractivity contribution in [3.63, 3.8) is 0 Å². The lowest BCUT2D eigenvalue weighted by molar-refractivity contribution is 0.287. The minimum Gasteiger partial charge on any atom is -0.396 e. The average molecular weight is 264 g/mol. The molecule has 1 N–H and O–H groups in total. The quantitative estimate of drug-likeness (QED) is 0.923. The zero-order valence-electron chi connectivity index (χ0n) is 10.5. The third-order valence-electron chi connectivity index (χ3n) is 2.66. The maximum Gasteiger partial charge on any atom is 0.132 e. The Kier molecular flexibility index (Phi) is 4.16. The van der Waals surface area contributed by atoms with E-state index in [1.807, 2.05) is 0 Å². The molecule has 1 aromatic heterocycles. The summed E-state index contributed by atoms with van der Waals surface area (Å²) >= 11 is 0. The lowest BCUT2D eigenvalue weighted by Gasteiger charge is -2.07. The zero-order chi connectivity index (χ0) is 13.8. The van der Waals surface area contributed by atoms with Gasteiger partial charge in [0.25, 0.3) is 0 Å². The van der Waals surface area contributed by atoms with Crippen molar-refractivity contribution in [2.45, 2.75) is 19.8 Å². The molecule has 1 heterocycles. The highest BCUT2D eigenvalue weighted by molar-refractivity contribution is 5.60. The molecule has 0 aliphatic rings. The Balaban J connectivity index is 2.43. The van der Waals surface area contributed by atoms with Crippen molar-refractivity contribution < 1.29 is 13.9 Å². The van der Waals surface area contributed by atoms with Gasteiger partial charge in [-0.1, -0.05) is 0 Å². The molecule has 2 aromatic rings. The minimum atomic E-state index is -0.521. The van der Waals surface area contributed by atoms with Crippen LogP contribution in [0.2, 0.25) is 0 Å². The Morgan fingerprint density at radius 1 is 1.16 bits per heavy atom. The van der Waals surface area contributed by atoms with Crippen LogP contribution in [0.4, 0.5) is 8.78 Å². The molecule has 1 aromatic carbocycles. The minimum absolute atomic E-state index is 0.0426. The molecular weight excluding hydrogens is 250 g/mol. The van der Waals surface area contributed by atoms with Gasteiger partial charge >= 0.3 is 0 Å². The van der Waals surface area contributed by atoms with Gasteiger partial charge in [0.05, 0.1) is 5.69 Å². The van der Waals surface area contributed by atoms with Gasteiger partial charge < -0.3 is 5.11 Å². The predicted molar refractivity (Wildman–Crippen MR) is 67.5 cm³/mol. The van der Waals surface area contributed by atoms with Crippen molar-refractivity contribution in [2.75, 3.05) is 6.61 Å². The van der Waals surface area contributed by atoms with E-state index >= 15 is 0 Å². The zero-order valence-corrected chi connectivity index (χ0v) is 10.5. The summed E-state index contributed by atoms with van der Waals surface area (Å²) in [7, 11) is 0. The fourth-order valence-electron chi connectivity index (χ4n) is 1.81. The van der Waals surface area contributed by atoms with Gasteiger partial charge in [-0.15, -0.1) is 0 Å². The molecule has 0 unspecified atom stereocenters. The molecule has 0 amide bonds. The van der Waals surface area contributed by atoms with E-state index in [1.54, 1.807) is 13.0 Å². The summed E-state index contributed by atoms with van der Waals surface area (Å²) in [5.74, 6) is -0.509. The summed E-state index contributed by atoms with van der Waals surface area (Å²) in [6.45, 7) is 1.81. The van der Waals surface area contributed by atoms with Crippen LogP contribution < -0.4 is 0 Å². The first-order valence-electron chi connectivity index (χ1n) is 6.01. The molecular formula is C14H14F2N2O. The fraction of sp³-hybridized carbons (Fsp3) is 0.286. The Morgan fingerprint density at radius 2 is 1.95 bits per heavy atom. The van der Waals surface area contributed by atoms with Crippen molar-refractivity contribution in [1.29, 1.82) is 0 Å². The van der Waals surface area contributed by atoms with Gasteiger partial charge in [0.15, 0.2) is 0 Å². The molecule has 0 fully saturated rings. The van der Waals surface area contributed by atoms with Crippen LogP contribution in [0.3, 0.4) is 0 Å². The monoisotopic (exact) mass is 264 g/mol. The molecule has 2 rings (SSSR count). The van der Waals surface area contributed by atoms with Gasteiger partial charge in [-0.05, 0) is 37.6 Å². The second kappa shape index (κ2) is 5.84. The van der Waals surface area contributed by atoms with Crippen LogP contribution in [-0.4, -0.2) is 21.7 Å². The van der Waals surface area contributed by atoms with Crippen LogP contribution >= 0.6 is 0 Å². The predicted octanol–water partition coefficient (Wildman–Crippen LogP) is 2.66. The first-order chi connectivity index (χ1) is 9.10. The first kappa shape index (κ1) is 13.5. The van der Waals surface area contributed by atoms with E-state index in [2.05, 4.69) is 9.97 Å². The van der Waals surface area contributed by atoms with Crippen LogP contribution in [0, 0.1) is 18.6 Å². The molecule has 0 aliphatic carbocycles. The van der Waals surface area contributed by atoms with Crippen LogP contribution in [0.1, 0.15) is 17.9 Å². The molecule has 3 nitrogen and oxygen atoms in total. The van der Waals surface area contributed by atoms with Gasteiger partial charge in [0, 0.05) is 24.3 Å². The largest absolute Gasteiger partial charge is 0.396 e. The van der Waals surface area contributed by atoms with Crippen molar-refractivity contribution in [1.82, 2.24) is 9.97 Å². The van der Waals surface area contributed by atoms with E-state index in [-0.39, 0.29) is 12.2 Å². The van der Waals surface area contributed by atoms with E-state index in [1.165, 1.54) is 0 Å². The summed E-state index contributed by atoms with van der Waals surface area (Å²) in [6, 6.07) is 4.88.